The van der Waals surface area contributed by atoms with Gasteiger partial charge in [0.2, 0.25) is 5.91 Å². The van der Waals surface area contributed by atoms with Gasteiger partial charge in [-0.1, -0.05) is 12.1 Å². The third-order valence-corrected chi connectivity index (χ3v) is 4.58. The molecule has 1 unspecified atom stereocenters. The Bertz CT molecular complexity index is 696. The highest BCUT2D eigenvalue weighted by Crippen LogP contribution is 2.22. The molecule has 134 valence electrons. The summed E-state index contributed by atoms with van der Waals surface area (Å²) in [6.07, 6.45) is 4.95. The number of carbonyl (C=O) groups is 1. The number of aromatic nitrogens is 2. The lowest BCUT2D eigenvalue weighted by atomic mass is 10.1. The molecule has 3 rings (SSSR count). The summed E-state index contributed by atoms with van der Waals surface area (Å²) in [5.74, 6) is 1.99. The van der Waals surface area contributed by atoms with E-state index in [1.807, 2.05) is 53.9 Å². The van der Waals surface area contributed by atoms with Crippen LogP contribution in [-0.4, -0.2) is 46.6 Å². The number of aryl methyl sites for hydroxylation is 2. The molecule has 0 radical (unpaired) electrons. The van der Waals surface area contributed by atoms with Gasteiger partial charge in [0.1, 0.15) is 17.6 Å². The number of hydrogen-bond donors (Lipinski definition) is 1. The number of benzene rings is 1. The second-order valence-electron chi connectivity index (χ2n) is 6.28. The Hall–Kier alpha value is -2.34. The fraction of sp³-hybridized carbons (Fsp3) is 0.474. The molecule has 2 heterocycles. The number of piperazine rings is 1. The Morgan fingerprint density at radius 3 is 2.84 bits per heavy atom. The van der Waals surface area contributed by atoms with Crippen LogP contribution in [0.2, 0.25) is 0 Å². The largest absolute Gasteiger partial charge is 0.494 e. The van der Waals surface area contributed by atoms with E-state index in [4.69, 9.17) is 4.74 Å². The predicted molar refractivity (Wildman–Crippen MR) is 96.5 cm³/mol. The van der Waals surface area contributed by atoms with Crippen LogP contribution in [0.25, 0.3) is 0 Å². The van der Waals surface area contributed by atoms with Gasteiger partial charge in [-0.3, -0.25) is 4.79 Å². The smallest absolute Gasteiger partial charge is 0.223 e. The van der Waals surface area contributed by atoms with Crippen molar-refractivity contribution < 1.29 is 9.53 Å². The van der Waals surface area contributed by atoms with E-state index in [1.54, 1.807) is 6.20 Å². The molecule has 25 heavy (non-hydrogen) atoms. The van der Waals surface area contributed by atoms with E-state index in [0.717, 1.165) is 43.2 Å². The van der Waals surface area contributed by atoms with Gasteiger partial charge in [0, 0.05) is 45.5 Å². The molecule has 6 nitrogen and oxygen atoms in total. The van der Waals surface area contributed by atoms with Crippen LogP contribution in [0.4, 0.5) is 0 Å². The summed E-state index contributed by atoms with van der Waals surface area (Å²) < 4.78 is 7.45. The monoisotopic (exact) mass is 342 g/mol. The molecule has 1 saturated heterocycles. The van der Waals surface area contributed by atoms with Crippen LogP contribution in [-0.2, 0) is 18.3 Å². The SMILES string of the molecule is CCOc1ccc(CCC(=O)N2CCNCC2c2nccn2C)cc1. The van der Waals surface area contributed by atoms with Crippen molar-refractivity contribution in [3.05, 3.63) is 48.0 Å². The summed E-state index contributed by atoms with van der Waals surface area (Å²) in [7, 11) is 1.97. The second kappa shape index (κ2) is 8.16. The van der Waals surface area contributed by atoms with Gasteiger partial charge >= 0.3 is 0 Å². The minimum atomic E-state index is 0.00146. The fourth-order valence-corrected chi connectivity index (χ4v) is 3.25. The molecular weight excluding hydrogens is 316 g/mol. The fourth-order valence-electron chi connectivity index (χ4n) is 3.25. The van der Waals surface area contributed by atoms with Gasteiger partial charge in [-0.15, -0.1) is 0 Å². The summed E-state index contributed by atoms with van der Waals surface area (Å²) in [6.45, 7) is 4.93. The number of imidazole rings is 1. The minimum Gasteiger partial charge on any atom is -0.494 e. The van der Waals surface area contributed by atoms with Crippen molar-refractivity contribution in [1.29, 1.82) is 0 Å². The highest BCUT2D eigenvalue weighted by molar-refractivity contribution is 5.77. The zero-order valence-electron chi connectivity index (χ0n) is 14.9. The van der Waals surface area contributed by atoms with E-state index in [9.17, 15) is 4.79 Å². The lowest BCUT2D eigenvalue weighted by molar-refractivity contribution is -0.134. The second-order valence-corrected chi connectivity index (χ2v) is 6.28. The highest BCUT2D eigenvalue weighted by atomic mass is 16.5. The molecule has 1 aliphatic rings. The topological polar surface area (TPSA) is 59.4 Å². The Balaban J connectivity index is 1.62. The van der Waals surface area contributed by atoms with Crippen LogP contribution in [0.15, 0.2) is 36.7 Å². The number of rotatable bonds is 6. The van der Waals surface area contributed by atoms with Gasteiger partial charge in [0.05, 0.1) is 6.61 Å². The van der Waals surface area contributed by atoms with Gasteiger partial charge in [-0.25, -0.2) is 4.98 Å². The Morgan fingerprint density at radius 2 is 2.16 bits per heavy atom. The molecule has 6 heteroatoms. The predicted octanol–water partition coefficient (Wildman–Crippen LogP) is 1.92. The van der Waals surface area contributed by atoms with Crippen LogP contribution < -0.4 is 10.1 Å². The zero-order valence-corrected chi connectivity index (χ0v) is 14.9. The quantitative estimate of drug-likeness (QED) is 0.871. The Morgan fingerprint density at radius 1 is 1.36 bits per heavy atom. The van der Waals surface area contributed by atoms with Gasteiger partial charge < -0.3 is 19.5 Å². The molecule has 2 aromatic rings. The van der Waals surface area contributed by atoms with Gasteiger partial charge in [0.25, 0.3) is 0 Å². The molecule has 0 aliphatic carbocycles. The van der Waals surface area contributed by atoms with Crippen molar-refractivity contribution in [2.24, 2.45) is 7.05 Å². The lowest BCUT2D eigenvalue weighted by Gasteiger charge is -2.35. The maximum Gasteiger partial charge on any atom is 0.223 e. The van der Waals surface area contributed by atoms with E-state index in [1.165, 1.54) is 0 Å². The van der Waals surface area contributed by atoms with Gasteiger partial charge in [-0.2, -0.15) is 0 Å². The summed E-state index contributed by atoms with van der Waals surface area (Å²) in [4.78, 5) is 19.2. The van der Waals surface area contributed by atoms with Crippen LogP contribution in [0, 0.1) is 0 Å². The van der Waals surface area contributed by atoms with Crippen LogP contribution in [0.5, 0.6) is 5.75 Å². The number of nitrogens with one attached hydrogen (secondary N) is 1. The van der Waals surface area contributed by atoms with Crippen molar-refractivity contribution in [1.82, 2.24) is 19.8 Å². The van der Waals surface area contributed by atoms with Crippen LogP contribution in [0.1, 0.15) is 30.8 Å². The molecule has 0 spiro atoms. The van der Waals surface area contributed by atoms with E-state index >= 15 is 0 Å². The van der Waals surface area contributed by atoms with Crippen molar-refractivity contribution in [3.63, 3.8) is 0 Å². The van der Waals surface area contributed by atoms with Crippen molar-refractivity contribution >= 4 is 5.91 Å². The standard InChI is InChI=1S/C19H26N4O2/c1-3-25-16-7-4-15(5-8-16)6-9-18(24)23-13-10-20-14-17(23)19-21-11-12-22(19)2/h4-5,7-8,11-12,17,20H,3,6,9-10,13-14H2,1-2H3. The van der Waals surface area contributed by atoms with Gasteiger partial charge in [0.15, 0.2) is 0 Å². The number of ether oxygens (including phenoxy) is 1. The number of hydrogen-bond acceptors (Lipinski definition) is 4. The first-order chi connectivity index (χ1) is 12.2. The summed E-state index contributed by atoms with van der Waals surface area (Å²) in [6, 6.07) is 8.00. The molecule has 1 atom stereocenters. The van der Waals surface area contributed by atoms with Crippen molar-refractivity contribution in [2.75, 3.05) is 26.2 Å². The summed E-state index contributed by atoms with van der Waals surface area (Å²) in [5.41, 5.74) is 1.15. The van der Waals surface area contributed by atoms with Crippen molar-refractivity contribution in [3.8, 4) is 5.75 Å². The molecule has 1 amide bonds. The van der Waals surface area contributed by atoms with Crippen LogP contribution in [0.3, 0.4) is 0 Å². The van der Waals surface area contributed by atoms with Gasteiger partial charge in [-0.05, 0) is 31.0 Å². The van der Waals surface area contributed by atoms with E-state index < -0.39 is 0 Å². The van der Waals surface area contributed by atoms with Crippen molar-refractivity contribution in [2.45, 2.75) is 25.8 Å². The minimum absolute atomic E-state index is 0.00146. The molecular formula is C19H26N4O2. The number of nitrogens with zero attached hydrogens (tertiary/aromatic N) is 3. The molecule has 1 aliphatic heterocycles. The maximum absolute atomic E-state index is 12.8. The highest BCUT2D eigenvalue weighted by Gasteiger charge is 2.29. The zero-order chi connectivity index (χ0) is 17.6. The third-order valence-electron chi connectivity index (χ3n) is 4.58. The maximum atomic E-state index is 12.8. The molecule has 1 aromatic heterocycles. The molecule has 0 saturated carbocycles. The summed E-state index contributed by atoms with van der Waals surface area (Å²) in [5, 5.41) is 3.37. The van der Waals surface area contributed by atoms with E-state index in [2.05, 4.69) is 10.3 Å². The molecule has 1 aromatic carbocycles. The summed E-state index contributed by atoms with van der Waals surface area (Å²) >= 11 is 0. The average molecular weight is 342 g/mol. The van der Waals surface area contributed by atoms with E-state index in [-0.39, 0.29) is 11.9 Å². The van der Waals surface area contributed by atoms with Crippen LogP contribution >= 0.6 is 0 Å². The first-order valence-corrected chi connectivity index (χ1v) is 8.88. The molecule has 1 fully saturated rings. The Kier molecular flexibility index (Phi) is 5.71. The first-order valence-electron chi connectivity index (χ1n) is 8.88. The van der Waals surface area contributed by atoms with E-state index in [0.29, 0.717) is 13.0 Å². The molecule has 1 N–H and O–H groups in total. The Labute approximate surface area is 148 Å². The normalized spacial score (nSPS) is 17.5. The number of carbonyl (C=O) groups excluding carboxylic acids is 1. The lowest BCUT2D eigenvalue weighted by Crippen LogP contribution is -2.49. The molecule has 0 bridgehead atoms. The average Bonchev–Trinajstić information content (AvgIpc) is 3.07. The first kappa shape index (κ1) is 17.5. The third kappa shape index (κ3) is 4.20. The number of amides is 1.